The number of carbonyl (C=O) groups excluding carboxylic acids is 2. The number of likely N-dealkylation sites (tertiary alicyclic amines) is 1. The number of aryl methyl sites for hydroxylation is 1. The summed E-state index contributed by atoms with van der Waals surface area (Å²) >= 11 is 1.36. The van der Waals surface area contributed by atoms with Gasteiger partial charge < -0.3 is 14.7 Å². The van der Waals surface area contributed by atoms with Crippen molar-refractivity contribution in [1.82, 2.24) is 10.1 Å². The highest BCUT2D eigenvalue weighted by Gasteiger charge is 2.20. The van der Waals surface area contributed by atoms with E-state index in [0.29, 0.717) is 17.3 Å². The molecule has 22 heavy (non-hydrogen) atoms. The molecular weight excluding hydrogens is 302 g/mol. The van der Waals surface area contributed by atoms with E-state index < -0.39 is 0 Å². The monoisotopic (exact) mass is 325 g/mol. The third kappa shape index (κ3) is 5.05. The summed E-state index contributed by atoms with van der Waals surface area (Å²) < 4.78 is 4.90. The maximum absolute atomic E-state index is 12.2. The molecule has 2 rings (SSSR count). The van der Waals surface area contributed by atoms with Crippen molar-refractivity contribution in [3.05, 3.63) is 11.8 Å². The number of aromatic nitrogens is 1. The van der Waals surface area contributed by atoms with Gasteiger partial charge in [0.05, 0.1) is 11.0 Å². The molecule has 1 aliphatic heterocycles. The van der Waals surface area contributed by atoms with Gasteiger partial charge in [-0.05, 0) is 26.7 Å². The fraction of sp³-hybridized carbons (Fsp3) is 0.667. The quantitative estimate of drug-likeness (QED) is 0.900. The first kappa shape index (κ1) is 16.9. The maximum Gasteiger partial charge on any atom is 0.238 e. The first-order valence-corrected chi connectivity index (χ1v) is 8.74. The van der Waals surface area contributed by atoms with Crippen molar-refractivity contribution >= 4 is 29.4 Å². The molecule has 0 saturated carbocycles. The normalized spacial score (nSPS) is 16.9. The van der Waals surface area contributed by atoms with E-state index in [9.17, 15) is 9.59 Å². The standard InChI is InChI=1S/C15H23N3O3S/c1-11-9-13(17-21-11)16-15(20)12(2)22-10-14(19)18-7-5-3-4-6-8-18/h9,12H,3-8,10H2,1-2H3,(H,16,17,20)/t12-/m0/s1. The molecule has 1 aromatic rings. The topological polar surface area (TPSA) is 75.4 Å². The van der Waals surface area contributed by atoms with Gasteiger partial charge in [0.1, 0.15) is 5.76 Å². The molecule has 0 unspecified atom stereocenters. The SMILES string of the molecule is Cc1cc(NC(=O)[C@H](C)SCC(=O)N2CCCCCC2)no1. The molecule has 6 nitrogen and oxygen atoms in total. The van der Waals surface area contributed by atoms with Crippen LogP contribution >= 0.6 is 11.8 Å². The Morgan fingerprint density at radius 1 is 1.36 bits per heavy atom. The van der Waals surface area contributed by atoms with Gasteiger partial charge in [0, 0.05) is 19.2 Å². The Balaban J connectivity index is 1.75. The molecular formula is C15H23N3O3S. The molecule has 0 bridgehead atoms. The van der Waals surface area contributed by atoms with Gasteiger partial charge in [0.15, 0.2) is 5.82 Å². The second-order valence-corrected chi connectivity index (χ2v) is 6.89. The van der Waals surface area contributed by atoms with Crippen LogP contribution in [0.15, 0.2) is 10.6 Å². The molecule has 0 aromatic carbocycles. The van der Waals surface area contributed by atoms with Crippen LogP contribution in [0.4, 0.5) is 5.82 Å². The van der Waals surface area contributed by atoms with Crippen molar-refractivity contribution in [3.63, 3.8) is 0 Å². The Hall–Kier alpha value is -1.50. The first-order chi connectivity index (χ1) is 10.6. The molecule has 7 heteroatoms. The molecule has 1 atom stereocenters. The summed E-state index contributed by atoms with van der Waals surface area (Å²) in [5.74, 6) is 1.36. The van der Waals surface area contributed by atoms with E-state index in [-0.39, 0.29) is 17.1 Å². The van der Waals surface area contributed by atoms with Crippen molar-refractivity contribution < 1.29 is 14.1 Å². The lowest BCUT2D eigenvalue weighted by Crippen LogP contribution is -2.34. The van der Waals surface area contributed by atoms with Gasteiger partial charge >= 0.3 is 0 Å². The average Bonchev–Trinajstić information content (AvgIpc) is 2.76. The number of carbonyl (C=O) groups is 2. The van der Waals surface area contributed by atoms with Crippen LogP contribution in [0, 0.1) is 6.92 Å². The highest BCUT2D eigenvalue weighted by Crippen LogP contribution is 2.16. The van der Waals surface area contributed by atoms with Gasteiger partial charge in [-0.15, -0.1) is 11.8 Å². The van der Waals surface area contributed by atoms with Crippen LogP contribution < -0.4 is 5.32 Å². The minimum Gasteiger partial charge on any atom is -0.360 e. The highest BCUT2D eigenvalue weighted by molar-refractivity contribution is 8.01. The predicted molar refractivity (Wildman–Crippen MR) is 86.8 cm³/mol. The zero-order valence-electron chi connectivity index (χ0n) is 13.1. The lowest BCUT2D eigenvalue weighted by atomic mass is 10.2. The average molecular weight is 325 g/mol. The number of rotatable bonds is 5. The zero-order valence-corrected chi connectivity index (χ0v) is 13.9. The lowest BCUT2D eigenvalue weighted by Gasteiger charge is -2.20. The van der Waals surface area contributed by atoms with E-state index in [0.717, 1.165) is 25.9 Å². The molecule has 1 fully saturated rings. The van der Waals surface area contributed by atoms with Crippen LogP contribution in [0.2, 0.25) is 0 Å². The molecule has 1 aliphatic rings. The second-order valence-electron chi connectivity index (χ2n) is 5.56. The van der Waals surface area contributed by atoms with Crippen LogP contribution in [0.5, 0.6) is 0 Å². The molecule has 1 saturated heterocycles. The summed E-state index contributed by atoms with van der Waals surface area (Å²) in [6.45, 7) is 5.25. The molecule has 2 heterocycles. The van der Waals surface area contributed by atoms with Crippen LogP contribution in [0.25, 0.3) is 0 Å². The minimum atomic E-state index is -0.312. The number of hydrogen-bond donors (Lipinski definition) is 1. The lowest BCUT2D eigenvalue weighted by molar-refractivity contribution is -0.128. The van der Waals surface area contributed by atoms with Crippen molar-refractivity contribution in [2.75, 3.05) is 24.2 Å². The smallest absolute Gasteiger partial charge is 0.238 e. The highest BCUT2D eigenvalue weighted by atomic mass is 32.2. The predicted octanol–water partition coefficient (Wildman–Crippen LogP) is 2.45. The van der Waals surface area contributed by atoms with E-state index in [1.54, 1.807) is 19.9 Å². The minimum absolute atomic E-state index is 0.129. The second kappa shape index (κ2) is 8.22. The summed E-state index contributed by atoms with van der Waals surface area (Å²) in [5, 5.41) is 6.10. The van der Waals surface area contributed by atoms with Crippen molar-refractivity contribution in [2.24, 2.45) is 0 Å². The van der Waals surface area contributed by atoms with Crippen LogP contribution in [0.3, 0.4) is 0 Å². The van der Waals surface area contributed by atoms with Crippen LogP contribution in [-0.4, -0.2) is 46.0 Å². The third-order valence-electron chi connectivity index (χ3n) is 3.66. The first-order valence-electron chi connectivity index (χ1n) is 7.70. The third-order valence-corrected chi connectivity index (χ3v) is 4.79. The summed E-state index contributed by atoms with van der Waals surface area (Å²) in [6, 6.07) is 1.66. The Kier molecular flexibility index (Phi) is 6.30. The number of amides is 2. The molecule has 0 spiro atoms. The summed E-state index contributed by atoms with van der Waals surface area (Å²) in [6.07, 6.45) is 4.57. The molecule has 0 radical (unpaired) electrons. The molecule has 122 valence electrons. The Morgan fingerprint density at radius 2 is 2.05 bits per heavy atom. The summed E-state index contributed by atoms with van der Waals surface area (Å²) in [7, 11) is 0. The molecule has 1 N–H and O–H groups in total. The molecule has 0 aliphatic carbocycles. The number of hydrogen-bond acceptors (Lipinski definition) is 5. The van der Waals surface area contributed by atoms with Gasteiger partial charge in [-0.1, -0.05) is 18.0 Å². The van der Waals surface area contributed by atoms with Gasteiger partial charge in [0.2, 0.25) is 11.8 Å². The fourth-order valence-corrected chi connectivity index (χ4v) is 3.12. The van der Waals surface area contributed by atoms with Gasteiger partial charge in [0.25, 0.3) is 0 Å². The van der Waals surface area contributed by atoms with E-state index in [1.807, 2.05) is 4.90 Å². The van der Waals surface area contributed by atoms with Gasteiger partial charge in [-0.3, -0.25) is 9.59 Å². The number of nitrogens with zero attached hydrogens (tertiary/aromatic N) is 2. The van der Waals surface area contributed by atoms with E-state index in [2.05, 4.69) is 10.5 Å². The van der Waals surface area contributed by atoms with Crippen LogP contribution in [-0.2, 0) is 9.59 Å². The maximum atomic E-state index is 12.2. The fourth-order valence-electron chi connectivity index (χ4n) is 2.34. The Morgan fingerprint density at radius 3 is 2.64 bits per heavy atom. The zero-order chi connectivity index (χ0) is 15.9. The van der Waals surface area contributed by atoms with E-state index in [4.69, 9.17) is 4.52 Å². The van der Waals surface area contributed by atoms with Gasteiger partial charge in [-0.25, -0.2) is 0 Å². The molecule has 2 amide bonds. The molecule has 1 aromatic heterocycles. The van der Waals surface area contributed by atoms with Crippen LogP contribution in [0.1, 0.15) is 38.4 Å². The Bertz CT molecular complexity index is 510. The number of nitrogens with one attached hydrogen (secondary N) is 1. The summed E-state index contributed by atoms with van der Waals surface area (Å²) in [5.41, 5.74) is 0. The number of thioether (sulfide) groups is 1. The Labute approximate surface area is 135 Å². The van der Waals surface area contributed by atoms with E-state index >= 15 is 0 Å². The largest absolute Gasteiger partial charge is 0.360 e. The van der Waals surface area contributed by atoms with Crippen molar-refractivity contribution in [3.8, 4) is 0 Å². The summed E-state index contributed by atoms with van der Waals surface area (Å²) in [4.78, 5) is 26.1. The number of anilines is 1. The van der Waals surface area contributed by atoms with Gasteiger partial charge in [-0.2, -0.15) is 0 Å². The van der Waals surface area contributed by atoms with Crippen molar-refractivity contribution in [1.29, 1.82) is 0 Å². The van der Waals surface area contributed by atoms with Crippen molar-refractivity contribution in [2.45, 2.75) is 44.8 Å². The van der Waals surface area contributed by atoms with E-state index in [1.165, 1.54) is 24.6 Å².